The molecule has 9 nitrogen and oxygen atoms in total. The first kappa shape index (κ1) is 32.9. The van der Waals surface area contributed by atoms with E-state index in [0.717, 1.165) is 11.1 Å². The maximum Gasteiger partial charge on any atom is 0.412 e. The quantitative estimate of drug-likeness (QED) is 0.0982. The average Bonchev–Trinajstić information content (AvgIpc) is 3.50. The molecule has 1 aromatic rings. The van der Waals surface area contributed by atoms with Crippen LogP contribution < -0.4 is 22.6 Å². The number of nitrogens with zero attached hydrogens (tertiary/aromatic N) is 2. The number of benzene rings is 1. The molecule has 41 heavy (non-hydrogen) atoms. The first-order valence-corrected chi connectivity index (χ1v) is 13.2. The number of amides is 2. The summed E-state index contributed by atoms with van der Waals surface area (Å²) in [4.78, 5) is 29.4. The Balaban J connectivity index is 2.30. The van der Waals surface area contributed by atoms with Crippen molar-refractivity contribution in [1.82, 2.24) is 5.32 Å². The zero-order valence-corrected chi connectivity index (χ0v) is 24.6. The number of ether oxygens (including phenoxy) is 1. The van der Waals surface area contributed by atoms with Crippen LogP contribution in [0.15, 0.2) is 80.7 Å². The van der Waals surface area contributed by atoms with E-state index in [1.54, 1.807) is 46.8 Å². The molecule has 0 heterocycles. The fraction of sp³-hybridized carbons (Fsp3) is 0.400. The molecular formula is C30H40F2N6O3. The van der Waals surface area contributed by atoms with Gasteiger partial charge in [-0.3, -0.25) is 10.1 Å². The molecule has 2 rings (SSSR count). The van der Waals surface area contributed by atoms with Gasteiger partial charge in [0.05, 0.1) is 11.4 Å². The van der Waals surface area contributed by atoms with E-state index in [0.29, 0.717) is 34.5 Å². The fourth-order valence-corrected chi connectivity index (χ4v) is 4.35. The highest BCUT2D eigenvalue weighted by Crippen LogP contribution is 2.55. The predicted molar refractivity (Wildman–Crippen MR) is 158 cm³/mol. The van der Waals surface area contributed by atoms with Crippen LogP contribution in [0.2, 0.25) is 0 Å². The molecule has 0 aromatic heterocycles. The van der Waals surface area contributed by atoms with Crippen molar-refractivity contribution in [2.45, 2.75) is 66.9 Å². The number of hydrogen-bond donors (Lipinski definition) is 4. The SMILES string of the molecule is CC/C=C(\C)C(\C=C/C(C)=C(C)\C(NC(=O)OC(C)c1ccccc1C)=C(\C)N)=NC(=O)C1C(/C(N)=N/N)C1(F)F. The summed E-state index contributed by atoms with van der Waals surface area (Å²) in [5.41, 5.74) is 16.3. The van der Waals surface area contributed by atoms with E-state index in [1.807, 2.05) is 44.2 Å². The van der Waals surface area contributed by atoms with Crippen molar-refractivity contribution < 1.29 is 23.1 Å². The van der Waals surface area contributed by atoms with Gasteiger partial charge in [-0.1, -0.05) is 43.3 Å². The van der Waals surface area contributed by atoms with Crippen LogP contribution in [0.3, 0.4) is 0 Å². The Morgan fingerprint density at radius 3 is 2.32 bits per heavy atom. The van der Waals surface area contributed by atoms with E-state index >= 15 is 0 Å². The Kier molecular flexibility index (Phi) is 11.1. The molecule has 3 unspecified atom stereocenters. The minimum atomic E-state index is -3.37. The maximum absolute atomic E-state index is 14.2. The number of halogens is 2. The van der Waals surface area contributed by atoms with Crippen molar-refractivity contribution in [3.05, 3.63) is 81.7 Å². The van der Waals surface area contributed by atoms with Crippen molar-refractivity contribution in [3.63, 3.8) is 0 Å². The van der Waals surface area contributed by atoms with Crippen LogP contribution in [0.25, 0.3) is 0 Å². The number of carbonyl (C=O) groups is 2. The molecule has 0 radical (unpaired) electrons. The standard InChI is InChI=1S/C30H40F2N6O3/c1-8-11-18(4)23(36-28(39)25-24(27(34)38-35)30(25,31)32)15-14-16(2)19(5)26(20(6)33)37-29(40)41-21(7)22-13-10-9-12-17(22)3/h9-15,21,24-25H,8,33,35H2,1-7H3,(H2,34,38)(H,37,40)/b15-14-,18-11+,19-16-,26-20+,36-23?. The van der Waals surface area contributed by atoms with E-state index < -0.39 is 41.7 Å². The molecule has 0 aliphatic heterocycles. The summed E-state index contributed by atoms with van der Waals surface area (Å²) in [5.74, 6) is -3.14. The summed E-state index contributed by atoms with van der Waals surface area (Å²) in [6, 6.07) is 7.61. The van der Waals surface area contributed by atoms with E-state index in [1.165, 1.54) is 0 Å². The summed E-state index contributed by atoms with van der Waals surface area (Å²) in [6.45, 7) is 12.5. The van der Waals surface area contributed by atoms with Gasteiger partial charge in [0.1, 0.15) is 23.8 Å². The number of hydrazone groups is 1. The molecule has 1 aliphatic rings. The summed E-state index contributed by atoms with van der Waals surface area (Å²) < 4.78 is 34.0. The topological polar surface area (TPSA) is 158 Å². The molecule has 1 aliphatic carbocycles. The Morgan fingerprint density at radius 2 is 1.76 bits per heavy atom. The lowest BCUT2D eigenvalue weighted by atomic mass is 10.0. The van der Waals surface area contributed by atoms with Gasteiger partial charge in [0.2, 0.25) is 0 Å². The Morgan fingerprint density at radius 1 is 1.12 bits per heavy atom. The van der Waals surface area contributed by atoms with Crippen LogP contribution >= 0.6 is 0 Å². The fourth-order valence-electron chi connectivity index (χ4n) is 4.35. The number of aryl methyl sites for hydroxylation is 1. The predicted octanol–water partition coefficient (Wildman–Crippen LogP) is 5.30. The van der Waals surface area contributed by atoms with E-state index in [9.17, 15) is 18.4 Å². The first-order valence-electron chi connectivity index (χ1n) is 13.2. The number of allylic oxidation sites excluding steroid dienone is 7. The molecule has 1 aromatic carbocycles. The van der Waals surface area contributed by atoms with Gasteiger partial charge in [-0.15, -0.1) is 0 Å². The lowest BCUT2D eigenvalue weighted by Crippen LogP contribution is -2.28. The van der Waals surface area contributed by atoms with Crippen molar-refractivity contribution in [1.29, 1.82) is 0 Å². The van der Waals surface area contributed by atoms with Crippen LogP contribution in [-0.4, -0.2) is 29.5 Å². The highest BCUT2D eigenvalue weighted by Gasteiger charge is 2.74. The minimum Gasteiger partial charge on any atom is -0.441 e. The molecule has 1 saturated carbocycles. The number of carbonyl (C=O) groups excluding carboxylic acids is 2. The van der Waals surface area contributed by atoms with Gasteiger partial charge in [-0.2, -0.15) is 5.10 Å². The van der Waals surface area contributed by atoms with E-state index in [2.05, 4.69) is 15.4 Å². The highest BCUT2D eigenvalue weighted by atomic mass is 19.3. The molecule has 1 fully saturated rings. The van der Waals surface area contributed by atoms with Crippen molar-refractivity contribution >= 4 is 23.5 Å². The molecule has 222 valence electrons. The zero-order valence-electron chi connectivity index (χ0n) is 24.6. The number of aliphatic imine (C=N–C) groups is 1. The third-order valence-electron chi connectivity index (χ3n) is 6.92. The number of alkyl carbamates (subject to hydrolysis) is 1. The number of nitrogens with one attached hydrogen (secondary N) is 1. The summed E-state index contributed by atoms with van der Waals surface area (Å²) in [5, 5.41) is 5.84. The average molecular weight is 571 g/mol. The normalized spacial score (nSPS) is 21.1. The van der Waals surface area contributed by atoms with E-state index in [4.69, 9.17) is 22.0 Å². The molecule has 11 heteroatoms. The lowest BCUT2D eigenvalue weighted by molar-refractivity contribution is -0.121. The third kappa shape index (κ3) is 8.12. The second kappa shape index (κ2) is 13.9. The van der Waals surface area contributed by atoms with Crippen molar-refractivity contribution in [3.8, 4) is 0 Å². The van der Waals surface area contributed by atoms with Crippen LogP contribution in [0, 0.1) is 18.8 Å². The third-order valence-corrected chi connectivity index (χ3v) is 6.92. The Hall–Kier alpha value is -4.28. The van der Waals surface area contributed by atoms with E-state index in [-0.39, 0.29) is 5.71 Å². The molecule has 0 saturated heterocycles. The minimum absolute atomic E-state index is 0.211. The number of amidine groups is 1. The molecule has 0 bridgehead atoms. The molecule has 7 N–H and O–H groups in total. The second-order valence-electron chi connectivity index (χ2n) is 10.0. The van der Waals surface area contributed by atoms with Gasteiger partial charge in [-0.05, 0) is 81.9 Å². The summed E-state index contributed by atoms with van der Waals surface area (Å²) >= 11 is 0. The van der Waals surface area contributed by atoms with Gasteiger partial charge in [0, 0.05) is 5.70 Å². The molecule has 0 spiro atoms. The lowest BCUT2D eigenvalue weighted by Gasteiger charge is -2.19. The van der Waals surface area contributed by atoms with Gasteiger partial charge in [0.25, 0.3) is 11.8 Å². The van der Waals surface area contributed by atoms with Gasteiger partial charge in [0.15, 0.2) is 0 Å². The summed E-state index contributed by atoms with van der Waals surface area (Å²) in [7, 11) is 0. The van der Waals surface area contributed by atoms with Crippen molar-refractivity contribution in [2.24, 2.45) is 39.2 Å². The monoisotopic (exact) mass is 570 g/mol. The number of hydrogen-bond acceptors (Lipinski definition) is 6. The molecule has 2 amide bonds. The highest BCUT2D eigenvalue weighted by molar-refractivity contribution is 6.14. The van der Waals surface area contributed by atoms with Crippen LogP contribution in [-0.2, 0) is 9.53 Å². The second-order valence-corrected chi connectivity index (χ2v) is 10.0. The van der Waals surface area contributed by atoms with Crippen molar-refractivity contribution in [2.75, 3.05) is 0 Å². The Bertz CT molecular complexity index is 1350. The smallest absolute Gasteiger partial charge is 0.412 e. The first-order chi connectivity index (χ1) is 19.2. The molecule has 3 atom stereocenters. The number of rotatable bonds is 10. The van der Waals surface area contributed by atoms with Gasteiger partial charge in [-0.25, -0.2) is 18.6 Å². The maximum atomic E-state index is 14.2. The van der Waals surface area contributed by atoms with Crippen LogP contribution in [0.5, 0.6) is 0 Å². The summed E-state index contributed by atoms with van der Waals surface area (Å²) in [6.07, 6.45) is 4.52. The number of nitrogens with two attached hydrogens (primary N) is 3. The van der Waals surface area contributed by atoms with Gasteiger partial charge >= 0.3 is 6.09 Å². The Labute approximate surface area is 240 Å². The molecular weight excluding hydrogens is 530 g/mol. The zero-order chi connectivity index (χ0) is 31.1. The number of alkyl halides is 2. The van der Waals surface area contributed by atoms with Crippen LogP contribution in [0.1, 0.15) is 65.2 Å². The largest absolute Gasteiger partial charge is 0.441 e. The van der Waals surface area contributed by atoms with Gasteiger partial charge < -0.3 is 22.0 Å². The van der Waals surface area contributed by atoms with Crippen LogP contribution in [0.4, 0.5) is 13.6 Å².